The van der Waals surface area contributed by atoms with Crippen LogP contribution in [0.15, 0.2) is 44.6 Å². The number of allylic oxidation sites excluding steroid dienone is 1. The highest BCUT2D eigenvalue weighted by atomic mass is 14.8. The Bertz CT molecular complexity index is 276. The van der Waals surface area contributed by atoms with Crippen LogP contribution in [-0.2, 0) is 0 Å². The summed E-state index contributed by atoms with van der Waals surface area (Å²) >= 11 is 0. The van der Waals surface area contributed by atoms with Gasteiger partial charge in [0, 0.05) is 56.4 Å². The molecule has 0 aromatic carbocycles. The van der Waals surface area contributed by atoms with Crippen LogP contribution >= 0.6 is 0 Å². The molecule has 14 heavy (non-hydrogen) atoms. The van der Waals surface area contributed by atoms with Gasteiger partial charge in [-0.1, -0.05) is 0 Å². The van der Waals surface area contributed by atoms with Gasteiger partial charge in [0.05, 0.1) is 0 Å². The quantitative estimate of drug-likeness (QED) is 0.555. The lowest BCUT2D eigenvalue weighted by Gasteiger charge is -1.84. The molecule has 0 amide bonds. The van der Waals surface area contributed by atoms with Crippen molar-refractivity contribution in [3.8, 4) is 0 Å². The molecule has 1 rings (SSSR count). The van der Waals surface area contributed by atoms with E-state index in [0.29, 0.717) is 0 Å². The molecule has 0 aliphatic carbocycles. The summed E-state index contributed by atoms with van der Waals surface area (Å²) in [5.74, 6) is 0. The average molecular weight is 188 g/mol. The van der Waals surface area contributed by atoms with Crippen LogP contribution < -0.4 is 0 Å². The zero-order valence-corrected chi connectivity index (χ0v) is 7.82. The maximum atomic E-state index is 4.10. The molecule has 4 heteroatoms. The summed E-state index contributed by atoms with van der Waals surface area (Å²) < 4.78 is 0. The highest BCUT2D eigenvalue weighted by Crippen LogP contribution is 1.81. The second-order valence-corrected chi connectivity index (χ2v) is 2.41. The molecule has 1 aliphatic heterocycles. The van der Waals surface area contributed by atoms with Gasteiger partial charge in [-0.3, -0.25) is 20.0 Å². The summed E-state index contributed by atoms with van der Waals surface area (Å²) in [6.45, 7) is 0.732. The first-order valence-corrected chi connectivity index (χ1v) is 4.37. The Balaban J connectivity index is 2.56. The van der Waals surface area contributed by atoms with Crippen LogP contribution in [0.3, 0.4) is 0 Å². The van der Waals surface area contributed by atoms with E-state index in [4.69, 9.17) is 0 Å². The van der Waals surface area contributed by atoms with E-state index in [0.717, 1.165) is 13.0 Å². The summed E-state index contributed by atoms with van der Waals surface area (Å²) in [7, 11) is 0. The summed E-state index contributed by atoms with van der Waals surface area (Å²) in [6, 6.07) is 0. The third-order valence-corrected chi connectivity index (χ3v) is 1.33. The average Bonchev–Trinajstić information content (AvgIpc) is 2.22. The van der Waals surface area contributed by atoms with E-state index in [9.17, 15) is 0 Å². The predicted molar refractivity (Wildman–Crippen MR) is 61.7 cm³/mol. The molecule has 0 aromatic rings. The lowest BCUT2D eigenvalue weighted by molar-refractivity contribution is 1.06. The minimum Gasteiger partial charge on any atom is -0.291 e. The monoisotopic (exact) mass is 188 g/mol. The van der Waals surface area contributed by atoms with E-state index in [1.807, 2.05) is 6.21 Å². The van der Waals surface area contributed by atoms with Crippen molar-refractivity contribution >= 4 is 24.9 Å². The van der Waals surface area contributed by atoms with Crippen LogP contribution in [0.2, 0.25) is 0 Å². The molecule has 0 saturated heterocycles. The first-order chi connectivity index (χ1) is 7.00. The fraction of sp³-hybridized carbons (Fsp3) is 0.200. The second kappa shape index (κ2) is 7.79. The zero-order chi connectivity index (χ0) is 9.90. The number of aliphatic imine (C=N–C) groups is 4. The van der Waals surface area contributed by atoms with Crippen molar-refractivity contribution in [2.75, 3.05) is 6.54 Å². The molecule has 1 aliphatic rings. The Morgan fingerprint density at radius 2 is 1.64 bits per heavy atom. The first kappa shape index (κ1) is 10.2. The van der Waals surface area contributed by atoms with Gasteiger partial charge in [-0.25, -0.2) is 0 Å². The standard InChI is InChI=1S/C10H12N4/c1-3-11-7-9-13-5-2-6-14-10-8-12-4-1/h1,3-5,7-10H,2,6H2. The largest absolute Gasteiger partial charge is 0.291 e. The third-order valence-electron chi connectivity index (χ3n) is 1.33. The Labute approximate surface area is 83.2 Å². The molecule has 72 valence electrons. The molecule has 1 heterocycles. The third kappa shape index (κ3) is 5.77. The SMILES string of the molecule is C1=CN=CC=NCCC=NC=CN=C1. The number of hydrogen-bond donors (Lipinski definition) is 0. The maximum Gasteiger partial charge on any atom is 0.0450 e. The molecule has 4 nitrogen and oxygen atoms in total. The van der Waals surface area contributed by atoms with E-state index < -0.39 is 0 Å². The molecule has 0 radical (unpaired) electrons. The molecule has 0 unspecified atom stereocenters. The maximum absolute atomic E-state index is 4.10. The van der Waals surface area contributed by atoms with Crippen molar-refractivity contribution in [1.29, 1.82) is 0 Å². The first-order valence-electron chi connectivity index (χ1n) is 4.37. The lowest BCUT2D eigenvalue weighted by Crippen LogP contribution is -1.84. The van der Waals surface area contributed by atoms with Crippen LogP contribution in [0.1, 0.15) is 6.42 Å². The fourth-order valence-electron chi connectivity index (χ4n) is 0.742. The van der Waals surface area contributed by atoms with Gasteiger partial charge in [0.15, 0.2) is 0 Å². The smallest absolute Gasteiger partial charge is 0.0450 e. The van der Waals surface area contributed by atoms with Crippen LogP contribution in [0.4, 0.5) is 0 Å². The highest BCUT2D eigenvalue weighted by molar-refractivity contribution is 6.16. The molecule has 0 fully saturated rings. The van der Waals surface area contributed by atoms with Crippen molar-refractivity contribution < 1.29 is 0 Å². The summed E-state index contributed by atoms with van der Waals surface area (Å²) in [5, 5.41) is 0. The van der Waals surface area contributed by atoms with Crippen LogP contribution in [0.5, 0.6) is 0 Å². The van der Waals surface area contributed by atoms with E-state index in [-0.39, 0.29) is 0 Å². The van der Waals surface area contributed by atoms with E-state index in [1.54, 1.807) is 43.3 Å². The van der Waals surface area contributed by atoms with Crippen LogP contribution in [0.25, 0.3) is 0 Å². The molecule has 0 atom stereocenters. The van der Waals surface area contributed by atoms with Gasteiger partial charge < -0.3 is 0 Å². The van der Waals surface area contributed by atoms with Crippen molar-refractivity contribution in [2.24, 2.45) is 20.0 Å². The highest BCUT2D eigenvalue weighted by Gasteiger charge is 1.75. The zero-order valence-electron chi connectivity index (χ0n) is 7.82. The summed E-state index contributed by atoms with van der Waals surface area (Å²) in [4.78, 5) is 16.0. The molecule has 0 N–H and O–H groups in total. The topological polar surface area (TPSA) is 49.4 Å². The molecule has 0 spiro atoms. The van der Waals surface area contributed by atoms with Gasteiger partial charge in [-0.2, -0.15) is 0 Å². The Morgan fingerprint density at radius 3 is 2.64 bits per heavy atom. The fourth-order valence-corrected chi connectivity index (χ4v) is 0.742. The van der Waals surface area contributed by atoms with Crippen LogP contribution in [-0.4, -0.2) is 31.4 Å². The summed E-state index contributed by atoms with van der Waals surface area (Å²) in [5.41, 5.74) is 0. The lowest BCUT2D eigenvalue weighted by atomic mass is 10.5. The van der Waals surface area contributed by atoms with E-state index in [1.165, 1.54) is 0 Å². The minimum absolute atomic E-state index is 0.732. The van der Waals surface area contributed by atoms with Crippen molar-refractivity contribution in [1.82, 2.24) is 0 Å². The summed E-state index contributed by atoms with van der Waals surface area (Å²) in [6.07, 6.45) is 14.3. The van der Waals surface area contributed by atoms with E-state index >= 15 is 0 Å². The van der Waals surface area contributed by atoms with Crippen molar-refractivity contribution in [3.63, 3.8) is 0 Å². The van der Waals surface area contributed by atoms with E-state index in [2.05, 4.69) is 20.0 Å². The van der Waals surface area contributed by atoms with Gasteiger partial charge in [-0.05, 0) is 6.08 Å². The van der Waals surface area contributed by atoms with Gasteiger partial charge in [-0.15, -0.1) is 0 Å². The van der Waals surface area contributed by atoms with Gasteiger partial charge in [0.1, 0.15) is 0 Å². The number of nitrogens with zero attached hydrogens (tertiary/aromatic N) is 4. The molecule has 0 bridgehead atoms. The van der Waals surface area contributed by atoms with Crippen molar-refractivity contribution in [3.05, 3.63) is 24.7 Å². The molecular formula is C10H12N4. The van der Waals surface area contributed by atoms with Crippen molar-refractivity contribution in [2.45, 2.75) is 6.42 Å². The number of hydrogen-bond acceptors (Lipinski definition) is 4. The minimum atomic E-state index is 0.732. The molecule has 0 saturated carbocycles. The van der Waals surface area contributed by atoms with Gasteiger partial charge in [0.25, 0.3) is 0 Å². The Kier molecular flexibility index (Phi) is 5.70. The predicted octanol–water partition coefficient (Wildman–Crippen LogP) is 1.66. The molecular weight excluding hydrogens is 176 g/mol. The Hall–Kier alpha value is -1.84. The molecule has 0 aromatic heterocycles. The van der Waals surface area contributed by atoms with Gasteiger partial charge >= 0.3 is 0 Å². The normalized spacial score (nSPS) is 17.1. The number of rotatable bonds is 0. The second-order valence-electron chi connectivity index (χ2n) is 2.41. The van der Waals surface area contributed by atoms with Gasteiger partial charge in [0.2, 0.25) is 0 Å². The van der Waals surface area contributed by atoms with Crippen LogP contribution in [0, 0.1) is 0 Å². The Morgan fingerprint density at radius 1 is 0.786 bits per heavy atom.